The number of sulfone groups is 1. The van der Waals surface area contributed by atoms with E-state index in [1.165, 1.54) is 29.6 Å². The number of carboxylic acid groups (broad SMARTS) is 1. The predicted octanol–water partition coefficient (Wildman–Crippen LogP) is 0.219. The third kappa shape index (κ3) is 3.57. The average molecular weight is 478 g/mol. The molecule has 2 saturated heterocycles. The van der Waals surface area contributed by atoms with Crippen molar-refractivity contribution in [3.05, 3.63) is 35.4 Å². The summed E-state index contributed by atoms with van der Waals surface area (Å²) in [6.07, 6.45) is -5.33. The molecule has 2 fully saturated rings. The van der Waals surface area contributed by atoms with Gasteiger partial charge in [-0.05, 0) is 31.5 Å². The Morgan fingerprint density at radius 3 is 2.25 bits per heavy atom. The van der Waals surface area contributed by atoms with Crippen molar-refractivity contribution in [3.63, 3.8) is 0 Å². The number of ether oxygens (including phenoxy) is 1. The Morgan fingerprint density at radius 1 is 1.19 bits per heavy atom. The number of hydrogen-bond acceptors (Lipinski definition) is 7. The van der Waals surface area contributed by atoms with Crippen LogP contribution in [0.2, 0.25) is 0 Å². The lowest BCUT2D eigenvalue weighted by molar-refractivity contribution is -0.179. The number of fused-ring (bicyclic) bond motifs is 1. The summed E-state index contributed by atoms with van der Waals surface area (Å²) in [7, 11) is -4.37. The monoisotopic (exact) mass is 478 g/mol. The summed E-state index contributed by atoms with van der Waals surface area (Å²) in [6.45, 7) is 1.89. The minimum absolute atomic E-state index is 0.0101. The minimum Gasteiger partial charge on any atom is -0.478 e. The number of β-lactam (4-membered cyclic amide) rings is 1. The van der Waals surface area contributed by atoms with E-state index in [2.05, 4.69) is 0 Å². The molecule has 32 heavy (non-hydrogen) atoms. The number of rotatable bonds is 5. The lowest BCUT2D eigenvalue weighted by Crippen LogP contribution is -2.72. The molecule has 0 spiro atoms. The van der Waals surface area contributed by atoms with Crippen LogP contribution in [0.15, 0.2) is 24.3 Å². The van der Waals surface area contributed by atoms with Crippen LogP contribution >= 0.6 is 0 Å². The number of halogens is 3. The fraction of sp³-hybridized carbons (Fsp3) is 0.444. The number of hydrogen-bond donors (Lipinski definition) is 2. The number of nitrogens with one attached hydrogen (secondary N) is 1. The maximum absolute atomic E-state index is 12.9. The number of aromatic carboxylic acids is 1. The third-order valence-corrected chi connectivity index (χ3v) is 8.24. The second-order valence-electron chi connectivity index (χ2n) is 7.75. The first-order valence-electron chi connectivity index (χ1n) is 9.03. The lowest BCUT2D eigenvalue weighted by Gasteiger charge is -2.43. The molecule has 2 aliphatic rings. The smallest absolute Gasteiger partial charge is 0.471 e. The van der Waals surface area contributed by atoms with E-state index < -0.39 is 62.0 Å². The number of esters is 1. The highest BCUT2D eigenvalue weighted by Gasteiger charge is 2.73. The molecular weight excluding hydrogens is 461 g/mol. The van der Waals surface area contributed by atoms with Crippen molar-refractivity contribution in [1.82, 2.24) is 10.2 Å². The molecule has 3 atom stereocenters. The molecule has 0 bridgehead atoms. The zero-order valence-electron chi connectivity index (χ0n) is 16.5. The fourth-order valence-electron chi connectivity index (χ4n) is 3.62. The standard InChI is InChI=1S/C18H17F3N2O8S/c1-17(2)11(15(27)31-7-8-3-5-9(6-4-8)14(25)26)23-12(24)10(13(23)32(17,29)30)22-16(28)18(19,20)21/h3-6,10-11,13H,7H2,1-2H3,(H,22,28)(H,25,26)/t10-,11+,13-/m1/s1. The molecule has 2 amide bonds. The van der Waals surface area contributed by atoms with Crippen LogP contribution in [0.5, 0.6) is 0 Å². The van der Waals surface area contributed by atoms with Gasteiger partial charge in [-0.3, -0.25) is 9.59 Å². The Kier molecular flexibility index (Phi) is 5.48. The topological polar surface area (TPSA) is 147 Å². The van der Waals surface area contributed by atoms with E-state index in [4.69, 9.17) is 9.84 Å². The van der Waals surface area contributed by atoms with Crippen molar-refractivity contribution < 1.29 is 50.6 Å². The van der Waals surface area contributed by atoms with Gasteiger partial charge in [-0.15, -0.1) is 0 Å². The predicted molar refractivity (Wildman–Crippen MR) is 98.6 cm³/mol. The Morgan fingerprint density at radius 2 is 1.75 bits per heavy atom. The van der Waals surface area contributed by atoms with Crippen molar-refractivity contribution in [3.8, 4) is 0 Å². The summed E-state index contributed by atoms with van der Waals surface area (Å²) in [5.74, 6) is -5.91. The van der Waals surface area contributed by atoms with Gasteiger partial charge in [0.2, 0.25) is 5.91 Å². The van der Waals surface area contributed by atoms with Gasteiger partial charge in [0.1, 0.15) is 23.4 Å². The molecule has 0 aromatic heterocycles. The van der Waals surface area contributed by atoms with E-state index in [-0.39, 0.29) is 12.2 Å². The highest BCUT2D eigenvalue weighted by Crippen LogP contribution is 2.46. The van der Waals surface area contributed by atoms with Crippen LogP contribution in [0, 0.1) is 0 Å². The Labute approximate surface area is 179 Å². The van der Waals surface area contributed by atoms with Crippen LogP contribution in [0.25, 0.3) is 0 Å². The molecule has 3 rings (SSSR count). The van der Waals surface area contributed by atoms with Crippen LogP contribution in [0.4, 0.5) is 13.2 Å². The van der Waals surface area contributed by atoms with E-state index in [0.717, 1.165) is 13.8 Å². The van der Waals surface area contributed by atoms with Gasteiger partial charge in [-0.1, -0.05) is 12.1 Å². The highest BCUT2D eigenvalue weighted by atomic mass is 32.2. The van der Waals surface area contributed by atoms with Gasteiger partial charge in [0.15, 0.2) is 15.2 Å². The maximum Gasteiger partial charge on any atom is 0.471 e. The van der Waals surface area contributed by atoms with Crippen LogP contribution < -0.4 is 5.32 Å². The quantitative estimate of drug-likeness (QED) is 0.451. The molecule has 0 aliphatic carbocycles. The molecule has 14 heteroatoms. The van der Waals surface area contributed by atoms with Gasteiger partial charge in [0.25, 0.3) is 0 Å². The second kappa shape index (κ2) is 7.46. The summed E-state index contributed by atoms with van der Waals surface area (Å²) in [5, 5.41) is 8.41. The fourth-order valence-corrected chi connectivity index (χ4v) is 5.83. The number of alkyl halides is 3. The number of nitrogens with zero attached hydrogens (tertiary/aromatic N) is 1. The molecule has 0 unspecified atom stereocenters. The second-order valence-corrected chi connectivity index (χ2v) is 10.4. The van der Waals surface area contributed by atoms with Gasteiger partial charge >= 0.3 is 24.0 Å². The van der Waals surface area contributed by atoms with E-state index in [0.29, 0.717) is 10.5 Å². The number of amides is 2. The summed E-state index contributed by atoms with van der Waals surface area (Å²) >= 11 is 0. The molecule has 174 valence electrons. The molecule has 10 nitrogen and oxygen atoms in total. The highest BCUT2D eigenvalue weighted by molar-refractivity contribution is 7.94. The molecule has 0 radical (unpaired) electrons. The number of benzene rings is 1. The minimum atomic E-state index is -5.33. The van der Waals surface area contributed by atoms with E-state index in [9.17, 15) is 40.8 Å². The molecule has 0 saturated carbocycles. The lowest BCUT2D eigenvalue weighted by atomic mass is 9.96. The first kappa shape index (κ1) is 23.5. The summed E-state index contributed by atoms with van der Waals surface area (Å²) in [6, 6.07) is 1.63. The molecule has 2 heterocycles. The van der Waals surface area contributed by atoms with Crippen LogP contribution in [-0.2, 0) is 35.6 Å². The molecule has 2 N–H and O–H groups in total. The van der Waals surface area contributed by atoms with Crippen LogP contribution in [0.1, 0.15) is 29.8 Å². The van der Waals surface area contributed by atoms with Gasteiger partial charge in [0.05, 0.1) is 5.56 Å². The van der Waals surface area contributed by atoms with E-state index in [1.807, 2.05) is 0 Å². The zero-order chi connectivity index (χ0) is 24.2. The Balaban J connectivity index is 1.79. The first-order chi connectivity index (χ1) is 14.6. The normalized spacial score (nSPS) is 25.5. The Hall–Kier alpha value is -3.16. The summed E-state index contributed by atoms with van der Waals surface area (Å²) < 4.78 is 66.5. The maximum atomic E-state index is 12.9. The zero-order valence-corrected chi connectivity index (χ0v) is 17.4. The van der Waals surface area contributed by atoms with Gasteiger partial charge in [-0.2, -0.15) is 13.2 Å². The number of carbonyl (C=O) groups is 4. The van der Waals surface area contributed by atoms with Crippen molar-refractivity contribution in [2.45, 2.75) is 48.8 Å². The van der Waals surface area contributed by atoms with Crippen molar-refractivity contribution in [1.29, 1.82) is 0 Å². The van der Waals surface area contributed by atoms with Crippen LogP contribution in [-0.4, -0.2) is 70.6 Å². The third-order valence-electron chi connectivity index (χ3n) is 5.42. The van der Waals surface area contributed by atoms with Gasteiger partial charge < -0.3 is 20.1 Å². The summed E-state index contributed by atoms with van der Waals surface area (Å²) in [4.78, 5) is 47.7. The molecule has 1 aromatic carbocycles. The van der Waals surface area contributed by atoms with E-state index in [1.54, 1.807) is 0 Å². The van der Waals surface area contributed by atoms with Gasteiger partial charge in [-0.25, -0.2) is 18.0 Å². The van der Waals surface area contributed by atoms with Crippen molar-refractivity contribution in [2.75, 3.05) is 0 Å². The SMILES string of the molecule is CC1(C)[C@H](C(=O)OCc2ccc(C(=O)O)cc2)N2C(=O)[C@@H](NC(=O)C(F)(F)F)[C@H]2S1(=O)=O. The molecule has 1 aromatic rings. The number of carbonyl (C=O) groups excluding carboxylic acids is 3. The average Bonchev–Trinajstić information content (AvgIpc) is 2.83. The Bertz CT molecular complexity index is 1100. The van der Waals surface area contributed by atoms with Crippen molar-refractivity contribution >= 4 is 33.6 Å². The first-order valence-corrected chi connectivity index (χ1v) is 10.6. The van der Waals surface area contributed by atoms with Crippen LogP contribution in [0.3, 0.4) is 0 Å². The largest absolute Gasteiger partial charge is 0.478 e. The molecule has 2 aliphatic heterocycles. The van der Waals surface area contributed by atoms with Gasteiger partial charge in [0, 0.05) is 0 Å². The van der Waals surface area contributed by atoms with E-state index >= 15 is 0 Å². The number of carboxylic acids is 1. The molecular formula is C18H17F3N2O8S. The van der Waals surface area contributed by atoms with Crippen molar-refractivity contribution in [2.24, 2.45) is 0 Å². The summed E-state index contributed by atoms with van der Waals surface area (Å²) in [5.41, 5.74) is 0.368.